The molecule has 0 atom stereocenters. The van der Waals surface area contributed by atoms with Gasteiger partial charge in [-0.05, 0) is 55.5 Å². The topological polar surface area (TPSA) is 89.2 Å². The molecule has 4 N–H and O–H groups in total. The van der Waals surface area contributed by atoms with Crippen LogP contribution in [-0.4, -0.2) is 17.6 Å². The Morgan fingerprint density at radius 3 is 2.54 bits per heavy atom. The number of guanidine groups is 2. The van der Waals surface area contributed by atoms with Crippen molar-refractivity contribution < 1.29 is 9.13 Å². The Morgan fingerprint density at radius 1 is 1.04 bits per heavy atom. The second-order valence-corrected chi connectivity index (χ2v) is 7.23. The Balaban J connectivity index is 1.58. The number of hydrogen-bond acceptors (Lipinski definition) is 6. The number of rotatable bonds is 4. The van der Waals surface area contributed by atoms with Gasteiger partial charge in [-0.25, -0.2) is 9.38 Å². The van der Waals surface area contributed by atoms with Gasteiger partial charge in [0.1, 0.15) is 23.8 Å². The van der Waals surface area contributed by atoms with E-state index in [0.717, 1.165) is 36.9 Å². The van der Waals surface area contributed by atoms with Gasteiger partial charge in [0, 0.05) is 11.8 Å². The van der Waals surface area contributed by atoms with Crippen LogP contribution >= 0.6 is 0 Å². The van der Waals surface area contributed by atoms with E-state index in [0.29, 0.717) is 18.3 Å². The molecule has 6 nitrogen and oxygen atoms in total. The van der Waals surface area contributed by atoms with Gasteiger partial charge in [0.15, 0.2) is 0 Å². The molecule has 0 bridgehead atoms. The summed E-state index contributed by atoms with van der Waals surface area (Å²) in [5, 5.41) is 0. The van der Waals surface area contributed by atoms with Gasteiger partial charge in [-0.2, -0.15) is 4.99 Å². The number of anilines is 1. The van der Waals surface area contributed by atoms with E-state index in [4.69, 9.17) is 16.2 Å². The molecule has 1 aliphatic heterocycles. The molecule has 0 amide bonds. The molecule has 2 aromatic rings. The summed E-state index contributed by atoms with van der Waals surface area (Å²) >= 11 is 0. The molecule has 2 aliphatic rings. The van der Waals surface area contributed by atoms with Crippen molar-refractivity contribution in [2.75, 3.05) is 4.90 Å². The van der Waals surface area contributed by atoms with Crippen LogP contribution in [0.25, 0.3) is 0 Å². The van der Waals surface area contributed by atoms with Crippen LogP contribution in [0.3, 0.4) is 0 Å². The maximum atomic E-state index is 13.1. The molecule has 2 aromatic carbocycles. The second kappa shape index (κ2) is 7.50. The summed E-state index contributed by atoms with van der Waals surface area (Å²) in [5.74, 6) is 1.02. The van der Waals surface area contributed by atoms with Crippen LogP contribution < -0.4 is 21.1 Å². The van der Waals surface area contributed by atoms with Gasteiger partial charge in [0.05, 0.1) is 0 Å². The fourth-order valence-electron chi connectivity index (χ4n) is 3.95. The highest BCUT2D eigenvalue weighted by molar-refractivity contribution is 6.05. The Morgan fingerprint density at radius 2 is 1.79 bits per heavy atom. The van der Waals surface area contributed by atoms with Crippen LogP contribution in [0.1, 0.15) is 37.7 Å². The molecule has 28 heavy (non-hydrogen) atoms. The van der Waals surface area contributed by atoms with E-state index in [1.165, 1.54) is 18.6 Å². The van der Waals surface area contributed by atoms with Crippen LogP contribution in [0.2, 0.25) is 0 Å². The molecule has 146 valence electrons. The lowest BCUT2D eigenvalue weighted by Gasteiger charge is -2.45. The van der Waals surface area contributed by atoms with Crippen LogP contribution in [0.4, 0.5) is 10.1 Å². The maximum absolute atomic E-state index is 13.1. The summed E-state index contributed by atoms with van der Waals surface area (Å²) < 4.78 is 19.0. The third-order valence-electron chi connectivity index (χ3n) is 5.25. The maximum Gasteiger partial charge on any atom is 0.220 e. The third kappa shape index (κ3) is 3.65. The zero-order valence-electron chi connectivity index (χ0n) is 15.6. The lowest BCUT2D eigenvalue weighted by Crippen LogP contribution is -2.58. The van der Waals surface area contributed by atoms with Crippen molar-refractivity contribution in [1.29, 1.82) is 0 Å². The molecule has 1 saturated carbocycles. The van der Waals surface area contributed by atoms with Crippen LogP contribution in [-0.2, 0) is 6.61 Å². The van der Waals surface area contributed by atoms with Gasteiger partial charge >= 0.3 is 0 Å². The monoisotopic (exact) mass is 381 g/mol. The summed E-state index contributed by atoms with van der Waals surface area (Å²) in [7, 11) is 0. The SMILES string of the molecule is NC1=NC2(CCCCC2)N(c2cccc(OCc3ccc(F)cc3)c2)C(N)=N1. The molecule has 7 heteroatoms. The summed E-state index contributed by atoms with van der Waals surface area (Å²) in [6, 6.07) is 14.0. The second-order valence-electron chi connectivity index (χ2n) is 7.23. The fraction of sp³-hybridized carbons (Fsp3) is 0.333. The van der Waals surface area contributed by atoms with E-state index in [9.17, 15) is 4.39 Å². The quantitative estimate of drug-likeness (QED) is 0.848. The van der Waals surface area contributed by atoms with Crippen LogP contribution in [0, 0.1) is 5.82 Å². The molecular weight excluding hydrogens is 357 g/mol. The molecule has 0 aromatic heterocycles. The molecule has 1 aliphatic carbocycles. The first-order valence-corrected chi connectivity index (χ1v) is 9.53. The summed E-state index contributed by atoms with van der Waals surface area (Å²) in [4.78, 5) is 10.9. The van der Waals surface area contributed by atoms with Gasteiger partial charge in [0.2, 0.25) is 11.9 Å². The Labute approximate surface area is 163 Å². The van der Waals surface area contributed by atoms with Crippen molar-refractivity contribution in [1.82, 2.24) is 0 Å². The lowest BCUT2D eigenvalue weighted by atomic mass is 9.87. The third-order valence-corrected chi connectivity index (χ3v) is 5.25. The predicted octanol–water partition coefficient (Wildman–Crippen LogP) is 3.51. The largest absolute Gasteiger partial charge is 0.489 e. The van der Waals surface area contributed by atoms with E-state index in [2.05, 4.69) is 9.98 Å². The first kappa shape index (κ1) is 18.3. The number of nitrogens with zero attached hydrogens (tertiary/aromatic N) is 3. The van der Waals surface area contributed by atoms with Crippen LogP contribution in [0.5, 0.6) is 5.75 Å². The summed E-state index contributed by atoms with van der Waals surface area (Å²) in [5.41, 5.74) is 13.5. The Hall–Kier alpha value is -3.09. The number of halogens is 1. The zero-order valence-corrected chi connectivity index (χ0v) is 15.6. The number of ether oxygens (including phenoxy) is 1. The molecule has 0 radical (unpaired) electrons. The van der Waals surface area contributed by atoms with Gasteiger partial charge in [0.25, 0.3) is 0 Å². The lowest BCUT2D eigenvalue weighted by molar-refractivity contribution is 0.301. The highest BCUT2D eigenvalue weighted by atomic mass is 19.1. The van der Waals surface area contributed by atoms with E-state index < -0.39 is 5.66 Å². The normalized spacial score (nSPS) is 18.5. The van der Waals surface area contributed by atoms with Crippen molar-refractivity contribution in [3.8, 4) is 5.75 Å². The average molecular weight is 381 g/mol. The number of aliphatic imine (C=N–C) groups is 2. The molecule has 1 heterocycles. The molecule has 0 unspecified atom stereocenters. The molecular formula is C21H24FN5O. The first-order chi connectivity index (χ1) is 13.6. The summed E-state index contributed by atoms with van der Waals surface area (Å²) in [6.45, 7) is 0.351. The number of hydrogen-bond donors (Lipinski definition) is 2. The van der Waals surface area contributed by atoms with Crippen LogP contribution in [0.15, 0.2) is 58.5 Å². The minimum atomic E-state index is -0.482. The minimum Gasteiger partial charge on any atom is -0.489 e. The summed E-state index contributed by atoms with van der Waals surface area (Å²) in [6.07, 6.45) is 5.08. The Kier molecular flexibility index (Phi) is 4.90. The van der Waals surface area contributed by atoms with Crippen molar-refractivity contribution >= 4 is 17.6 Å². The Bertz CT molecular complexity index is 903. The van der Waals surface area contributed by atoms with Crippen molar-refractivity contribution in [3.63, 3.8) is 0 Å². The van der Waals surface area contributed by atoms with Crippen molar-refractivity contribution in [2.45, 2.75) is 44.4 Å². The van der Waals surface area contributed by atoms with E-state index in [1.807, 2.05) is 29.2 Å². The standard InChI is InChI=1S/C21H24FN5O/c22-16-9-7-15(8-10-16)14-28-18-6-4-5-17(13-18)27-20(24)25-19(23)26-21(27)11-2-1-3-12-21/h4-10,13H,1-3,11-12,14H2,(H4,23,24,25,26). The van der Waals surface area contributed by atoms with E-state index >= 15 is 0 Å². The fourth-order valence-corrected chi connectivity index (χ4v) is 3.95. The zero-order chi connectivity index (χ0) is 19.6. The average Bonchev–Trinajstić information content (AvgIpc) is 2.68. The minimum absolute atomic E-state index is 0.236. The number of benzene rings is 2. The highest BCUT2D eigenvalue weighted by Gasteiger charge is 2.42. The van der Waals surface area contributed by atoms with Gasteiger partial charge < -0.3 is 16.2 Å². The van der Waals surface area contributed by atoms with Crippen molar-refractivity contribution in [3.05, 3.63) is 59.9 Å². The van der Waals surface area contributed by atoms with E-state index in [1.54, 1.807) is 12.1 Å². The molecule has 0 saturated heterocycles. The van der Waals surface area contributed by atoms with Gasteiger partial charge in [-0.3, -0.25) is 4.90 Å². The van der Waals surface area contributed by atoms with Gasteiger partial charge in [-0.1, -0.05) is 24.6 Å². The molecule has 1 fully saturated rings. The van der Waals surface area contributed by atoms with Crippen molar-refractivity contribution in [2.24, 2.45) is 21.5 Å². The predicted molar refractivity (Wildman–Crippen MR) is 109 cm³/mol. The number of nitrogens with two attached hydrogens (primary N) is 2. The molecule has 1 spiro atoms. The molecule has 4 rings (SSSR count). The van der Waals surface area contributed by atoms with E-state index in [-0.39, 0.29) is 11.8 Å². The first-order valence-electron chi connectivity index (χ1n) is 9.53. The smallest absolute Gasteiger partial charge is 0.220 e. The highest BCUT2D eigenvalue weighted by Crippen LogP contribution is 2.40. The van der Waals surface area contributed by atoms with Gasteiger partial charge in [-0.15, -0.1) is 0 Å².